The summed E-state index contributed by atoms with van der Waals surface area (Å²) >= 11 is 6.37. The van der Waals surface area contributed by atoms with Gasteiger partial charge < -0.3 is 0 Å². The molecule has 5 nitrogen and oxygen atoms in total. The Bertz CT molecular complexity index is 904. The summed E-state index contributed by atoms with van der Waals surface area (Å²) < 4.78 is 1.74. The SMILES string of the molecule is Cc1nn(C)c(Cl)c1CN1CCc2nc(-c3ccccc3)ncc2C1. The Kier molecular flexibility index (Phi) is 4.27. The highest BCUT2D eigenvalue weighted by Gasteiger charge is 2.21. The summed E-state index contributed by atoms with van der Waals surface area (Å²) in [4.78, 5) is 11.7. The van der Waals surface area contributed by atoms with Crippen LogP contribution in [0.3, 0.4) is 0 Å². The maximum Gasteiger partial charge on any atom is 0.159 e. The average Bonchev–Trinajstić information content (AvgIpc) is 2.88. The predicted molar refractivity (Wildman–Crippen MR) is 98.2 cm³/mol. The number of nitrogens with zero attached hydrogens (tertiary/aromatic N) is 5. The van der Waals surface area contributed by atoms with Gasteiger partial charge in [-0.25, -0.2) is 9.97 Å². The van der Waals surface area contributed by atoms with E-state index in [4.69, 9.17) is 16.6 Å². The molecule has 3 heterocycles. The molecule has 0 saturated carbocycles. The highest BCUT2D eigenvalue weighted by molar-refractivity contribution is 6.30. The van der Waals surface area contributed by atoms with Crippen LogP contribution >= 0.6 is 11.6 Å². The zero-order valence-corrected chi connectivity index (χ0v) is 15.2. The Morgan fingerprint density at radius 3 is 2.72 bits per heavy atom. The molecule has 128 valence electrons. The number of fused-ring (bicyclic) bond motifs is 1. The summed E-state index contributed by atoms with van der Waals surface area (Å²) in [6.07, 6.45) is 2.89. The van der Waals surface area contributed by atoms with Crippen molar-refractivity contribution in [2.24, 2.45) is 7.05 Å². The van der Waals surface area contributed by atoms with Crippen LogP contribution in [0.2, 0.25) is 5.15 Å². The number of hydrogen-bond acceptors (Lipinski definition) is 4. The molecule has 3 aromatic rings. The van der Waals surface area contributed by atoms with Crippen molar-refractivity contribution in [1.82, 2.24) is 24.6 Å². The molecule has 0 aliphatic carbocycles. The molecular weight excluding hydrogens is 334 g/mol. The molecule has 1 aromatic carbocycles. The third-order valence-electron chi connectivity index (χ3n) is 4.70. The van der Waals surface area contributed by atoms with E-state index in [9.17, 15) is 0 Å². The number of hydrogen-bond donors (Lipinski definition) is 0. The second-order valence-electron chi connectivity index (χ2n) is 6.47. The van der Waals surface area contributed by atoms with Gasteiger partial charge in [-0.1, -0.05) is 41.9 Å². The van der Waals surface area contributed by atoms with Crippen LogP contribution in [0.25, 0.3) is 11.4 Å². The van der Waals surface area contributed by atoms with E-state index in [0.717, 1.165) is 59.5 Å². The van der Waals surface area contributed by atoms with E-state index in [1.165, 1.54) is 5.56 Å². The lowest BCUT2D eigenvalue weighted by molar-refractivity contribution is 0.242. The molecule has 0 saturated heterocycles. The smallest absolute Gasteiger partial charge is 0.159 e. The fourth-order valence-electron chi connectivity index (χ4n) is 3.31. The van der Waals surface area contributed by atoms with Crippen LogP contribution in [0.5, 0.6) is 0 Å². The number of halogens is 1. The fraction of sp³-hybridized carbons (Fsp3) is 0.316. The van der Waals surface area contributed by atoms with Crippen LogP contribution in [0.15, 0.2) is 36.5 Å². The quantitative estimate of drug-likeness (QED) is 0.724. The predicted octanol–water partition coefficient (Wildman–Crippen LogP) is 3.40. The summed E-state index contributed by atoms with van der Waals surface area (Å²) in [6.45, 7) is 4.62. The molecule has 0 N–H and O–H groups in total. The van der Waals surface area contributed by atoms with Gasteiger partial charge in [-0.15, -0.1) is 0 Å². The van der Waals surface area contributed by atoms with Crippen LogP contribution in [0, 0.1) is 6.92 Å². The van der Waals surface area contributed by atoms with Gasteiger partial charge in [-0.05, 0) is 6.92 Å². The van der Waals surface area contributed by atoms with Crippen molar-refractivity contribution < 1.29 is 0 Å². The minimum absolute atomic E-state index is 0.721. The van der Waals surface area contributed by atoms with E-state index < -0.39 is 0 Å². The standard InChI is InChI=1S/C19H20ClN5/c1-13-16(18(20)24(2)23-13)12-25-9-8-17-15(11-25)10-21-19(22-17)14-6-4-3-5-7-14/h3-7,10H,8-9,11-12H2,1-2H3. The maximum atomic E-state index is 6.37. The Morgan fingerprint density at radius 1 is 1.20 bits per heavy atom. The van der Waals surface area contributed by atoms with Gasteiger partial charge in [0.05, 0.1) is 11.4 Å². The van der Waals surface area contributed by atoms with Crippen molar-refractivity contribution >= 4 is 11.6 Å². The molecule has 6 heteroatoms. The van der Waals surface area contributed by atoms with Crippen molar-refractivity contribution in [3.8, 4) is 11.4 Å². The zero-order valence-electron chi connectivity index (χ0n) is 14.4. The van der Waals surface area contributed by atoms with Crippen molar-refractivity contribution in [3.05, 3.63) is 64.2 Å². The highest BCUT2D eigenvalue weighted by atomic mass is 35.5. The Labute approximate surface area is 152 Å². The average molecular weight is 354 g/mol. The second-order valence-corrected chi connectivity index (χ2v) is 6.83. The summed E-state index contributed by atoms with van der Waals surface area (Å²) in [5.74, 6) is 0.805. The molecule has 2 aromatic heterocycles. The molecule has 0 radical (unpaired) electrons. The molecule has 1 aliphatic rings. The number of benzene rings is 1. The normalized spacial score (nSPS) is 14.5. The molecule has 0 spiro atoms. The van der Waals surface area contributed by atoms with Crippen molar-refractivity contribution in [1.29, 1.82) is 0 Å². The summed E-state index contributed by atoms with van der Waals surface area (Å²) in [7, 11) is 1.88. The van der Waals surface area contributed by atoms with Crippen molar-refractivity contribution in [2.75, 3.05) is 6.54 Å². The highest BCUT2D eigenvalue weighted by Crippen LogP contribution is 2.25. The fourth-order valence-corrected chi connectivity index (χ4v) is 3.55. The lowest BCUT2D eigenvalue weighted by atomic mass is 10.1. The van der Waals surface area contributed by atoms with Gasteiger partial charge in [0.15, 0.2) is 5.82 Å². The monoisotopic (exact) mass is 353 g/mol. The largest absolute Gasteiger partial charge is 0.294 e. The number of aromatic nitrogens is 4. The zero-order chi connectivity index (χ0) is 17.4. The van der Waals surface area contributed by atoms with E-state index in [0.29, 0.717) is 0 Å². The Morgan fingerprint density at radius 2 is 2.00 bits per heavy atom. The van der Waals surface area contributed by atoms with Gasteiger partial charge in [0, 0.05) is 56.0 Å². The van der Waals surface area contributed by atoms with Crippen LogP contribution in [-0.4, -0.2) is 31.2 Å². The molecule has 4 rings (SSSR count). The van der Waals surface area contributed by atoms with E-state index >= 15 is 0 Å². The van der Waals surface area contributed by atoms with Crippen LogP contribution in [0.1, 0.15) is 22.5 Å². The minimum Gasteiger partial charge on any atom is -0.294 e. The van der Waals surface area contributed by atoms with Gasteiger partial charge in [0.2, 0.25) is 0 Å². The number of aryl methyl sites for hydroxylation is 2. The maximum absolute atomic E-state index is 6.37. The lowest BCUT2D eigenvalue weighted by Gasteiger charge is -2.28. The van der Waals surface area contributed by atoms with Crippen LogP contribution in [-0.2, 0) is 26.6 Å². The van der Waals surface area contributed by atoms with E-state index in [-0.39, 0.29) is 0 Å². The van der Waals surface area contributed by atoms with Crippen LogP contribution < -0.4 is 0 Å². The van der Waals surface area contributed by atoms with Crippen molar-refractivity contribution in [3.63, 3.8) is 0 Å². The van der Waals surface area contributed by atoms with Crippen molar-refractivity contribution in [2.45, 2.75) is 26.4 Å². The second kappa shape index (κ2) is 6.58. The van der Waals surface area contributed by atoms with Gasteiger partial charge in [-0.2, -0.15) is 5.10 Å². The molecular formula is C19H20ClN5. The third kappa shape index (κ3) is 3.17. The van der Waals surface area contributed by atoms with E-state index in [1.54, 1.807) is 4.68 Å². The summed E-state index contributed by atoms with van der Waals surface area (Å²) in [5, 5.41) is 5.12. The van der Waals surface area contributed by atoms with Crippen LogP contribution in [0.4, 0.5) is 0 Å². The molecule has 0 unspecified atom stereocenters. The Hall–Kier alpha value is -2.24. The molecule has 0 bridgehead atoms. The van der Waals surface area contributed by atoms with Gasteiger partial charge in [0.25, 0.3) is 0 Å². The van der Waals surface area contributed by atoms with E-state index in [1.807, 2.05) is 50.5 Å². The van der Waals surface area contributed by atoms with Gasteiger partial charge >= 0.3 is 0 Å². The molecule has 25 heavy (non-hydrogen) atoms. The third-order valence-corrected chi connectivity index (χ3v) is 5.17. The summed E-state index contributed by atoms with van der Waals surface area (Å²) in [6, 6.07) is 10.1. The first-order valence-corrected chi connectivity index (χ1v) is 8.80. The van der Waals surface area contributed by atoms with E-state index in [2.05, 4.69) is 15.0 Å². The topological polar surface area (TPSA) is 46.8 Å². The summed E-state index contributed by atoms with van der Waals surface area (Å²) in [5.41, 5.74) is 5.51. The first-order valence-electron chi connectivity index (χ1n) is 8.42. The lowest BCUT2D eigenvalue weighted by Crippen LogP contribution is -2.31. The van der Waals surface area contributed by atoms with Gasteiger partial charge in [-0.3, -0.25) is 9.58 Å². The first-order chi connectivity index (χ1) is 12.1. The van der Waals surface area contributed by atoms with Gasteiger partial charge in [0.1, 0.15) is 5.15 Å². The Balaban J connectivity index is 1.54. The molecule has 0 fully saturated rings. The first kappa shape index (κ1) is 16.2. The molecule has 1 aliphatic heterocycles. The number of rotatable bonds is 3. The minimum atomic E-state index is 0.721. The molecule has 0 atom stereocenters. The molecule has 0 amide bonds.